The van der Waals surface area contributed by atoms with Crippen molar-refractivity contribution in [3.63, 3.8) is 0 Å². The summed E-state index contributed by atoms with van der Waals surface area (Å²) in [5, 5.41) is 6.35. The number of hydrogen-bond acceptors (Lipinski definition) is 5. The van der Waals surface area contributed by atoms with Crippen molar-refractivity contribution < 1.29 is 9.53 Å². The van der Waals surface area contributed by atoms with E-state index in [1.165, 1.54) is 18.8 Å². The van der Waals surface area contributed by atoms with Crippen LogP contribution in [0.3, 0.4) is 0 Å². The van der Waals surface area contributed by atoms with E-state index in [0.717, 1.165) is 33.4 Å². The van der Waals surface area contributed by atoms with Crippen LogP contribution in [0.2, 0.25) is 5.02 Å². The van der Waals surface area contributed by atoms with Crippen molar-refractivity contribution in [2.45, 2.75) is 13.1 Å². The van der Waals surface area contributed by atoms with Crippen LogP contribution in [-0.2, 0) is 13.1 Å². The molecule has 0 saturated carbocycles. The molecule has 0 spiro atoms. The molecule has 0 amide bonds. The lowest BCUT2D eigenvalue weighted by Gasteiger charge is -2.13. The molecule has 4 aromatic rings. The van der Waals surface area contributed by atoms with Gasteiger partial charge in [-0.15, -0.1) is 0 Å². The Morgan fingerprint density at radius 2 is 1.61 bits per heavy atom. The molecule has 0 radical (unpaired) electrons. The lowest BCUT2D eigenvalue weighted by molar-refractivity contribution is 0.112. The predicted molar refractivity (Wildman–Crippen MR) is 126 cm³/mol. The van der Waals surface area contributed by atoms with E-state index in [0.29, 0.717) is 24.5 Å². The Bertz CT molecular complexity index is 1150. The molecule has 0 bridgehead atoms. The average molecular weight is 434 g/mol. The van der Waals surface area contributed by atoms with Gasteiger partial charge < -0.3 is 15.8 Å². The molecule has 3 N–H and O–H groups in total. The number of ether oxygens (including phenoxy) is 1. The Kier molecular flexibility index (Phi) is 8.12. The molecule has 0 aliphatic heterocycles. The van der Waals surface area contributed by atoms with Crippen molar-refractivity contribution in [3.05, 3.63) is 101 Å². The van der Waals surface area contributed by atoms with Gasteiger partial charge in [0, 0.05) is 41.3 Å². The summed E-state index contributed by atoms with van der Waals surface area (Å²) < 4.78 is 5.97. The highest BCUT2D eigenvalue weighted by Gasteiger charge is 2.09. The standard InChI is InChI=1S/C24H19ClN2O2.CH5N/c25-22-8-4-1-5-19(22)15-26-14-18-10-11-23(21-7-3-2-6-20(18)21)29-24-12-9-17(16-28)13-27-24;1-2/h1-13,16,26H,14-15H2;2H2,1H3. The Balaban J connectivity index is 0.00000132. The number of nitrogens with zero attached hydrogens (tertiary/aromatic N) is 1. The minimum atomic E-state index is 0.449. The van der Waals surface area contributed by atoms with Crippen molar-refractivity contribution in [2.75, 3.05) is 7.05 Å². The van der Waals surface area contributed by atoms with E-state index in [9.17, 15) is 4.79 Å². The monoisotopic (exact) mass is 433 g/mol. The number of benzene rings is 3. The summed E-state index contributed by atoms with van der Waals surface area (Å²) in [6.45, 7) is 1.40. The van der Waals surface area contributed by atoms with Gasteiger partial charge in [-0.2, -0.15) is 0 Å². The summed E-state index contributed by atoms with van der Waals surface area (Å²) in [5.41, 5.74) is 7.26. The number of fused-ring (bicyclic) bond motifs is 1. The zero-order chi connectivity index (χ0) is 22.1. The van der Waals surface area contributed by atoms with Crippen molar-refractivity contribution in [1.29, 1.82) is 0 Å². The van der Waals surface area contributed by atoms with Gasteiger partial charge in [-0.3, -0.25) is 4.79 Å². The zero-order valence-electron chi connectivity index (χ0n) is 17.2. The van der Waals surface area contributed by atoms with Crippen LogP contribution < -0.4 is 15.8 Å². The fraction of sp³-hybridized carbons (Fsp3) is 0.120. The number of rotatable bonds is 7. The van der Waals surface area contributed by atoms with Gasteiger partial charge in [0.2, 0.25) is 5.88 Å². The second-order valence-electron chi connectivity index (χ2n) is 6.61. The number of halogens is 1. The minimum absolute atomic E-state index is 0.449. The van der Waals surface area contributed by atoms with E-state index in [4.69, 9.17) is 16.3 Å². The highest BCUT2D eigenvalue weighted by molar-refractivity contribution is 6.31. The number of nitrogens with one attached hydrogen (secondary N) is 1. The fourth-order valence-corrected chi connectivity index (χ4v) is 3.39. The van der Waals surface area contributed by atoms with E-state index in [2.05, 4.69) is 28.2 Å². The molecule has 5 nitrogen and oxygen atoms in total. The molecule has 31 heavy (non-hydrogen) atoms. The van der Waals surface area contributed by atoms with Crippen LogP contribution in [0.15, 0.2) is 79.0 Å². The van der Waals surface area contributed by atoms with Gasteiger partial charge in [0.25, 0.3) is 0 Å². The Morgan fingerprint density at radius 1 is 0.903 bits per heavy atom. The Hall–Kier alpha value is -3.25. The maximum Gasteiger partial charge on any atom is 0.219 e. The van der Waals surface area contributed by atoms with Crippen molar-refractivity contribution in [2.24, 2.45) is 5.73 Å². The molecule has 3 aromatic carbocycles. The number of nitrogens with two attached hydrogens (primary N) is 1. The maximum absolute atomic E-state index is 10.8. The van der Waals surface area contributed by atoms with Crippen molar-refractivity contribution >= 4 is 28.7 Å². The molecule has 1 aromatic heterocycles. The highest BCUT2D eigenvalue weighted by Crippen LogP contribution is 2.31. The first kappa shape index (κ1) is 22.4. The first-order valence-corrected chi connectivity index (χ1v) is 10.2. The third-order valence-electron chi connectivity index (χ3n) is 4.67. The molecule has 4 rings (SSSR count). The fourth-order valence-electron chi connectivity index (χ4n) is 3.19. The molecule has 0 unspecified atom stereocenters. The van der Waals surface area contributed by atoms with Crippen LogP contribution in [0.25, 0.3) is 10.8 Å². The SMILES string of the molecule is CN.O=Cc1ccc(Oc2ccc(CNCc3ccccc3Cl)c3ccccc23)nc1. The van der Waals surface area contributed by atoms with Crippen LogP contribution in [0.4, 0.5) is 0 Å². The van der Waals surface area contributed by atoms with Crippen LogP contribution in [0.1, 0.15) is 21.5 Å². The van der Waals surface area contributed by atoms with E-state index in [1.807, 2.05) is 48.5 Å². The van der Waals surface area contributed by atoms with Crippen molar-refractivity contribution in [3.8, 4) is 11.6 Å². The summed E-state index contributed by atoms with van der Waals surface area (Å²) in [5.74, 6) is 1.17. The first-order valence-electron chi connectivity index (χ1n) is 9.86. The van der Waals surface area contributed by atoms with E-state index < -0.39 is 0 Å². The number of carbonyl (C=O) groups excluding carboxylic acids is 1. The normalized spacial score (nSPS) is 10.3. The number of carbonyl (C=O) groups is 1. The second-order valence-corrected chi connectivity index (χ2v) is 7.02. The molecular weight excluding hydrogens is 410 g/mol. The smallest absolute Gasteiger partial charge is 0.219 e. The van der Waals surface area contributed by atoms with Crippen LogP contribution in [-0.4, -0.2) is 18.3 Å². The predicted octanol–water partition coefficient (Wildman–Crippen LogP) is 5.36. The Morgan fingerprint density at radius 3 is 2.32 bits per heavy atom. The average Bonchev–Trinajstić information content (AvgIpc) is 2.83. The largest absolute Gasteiger partial charge is 0.438 e. The zero-order valence-corrected chi connectivity index (χ0v) is 18.0. The minimum Gasteiger partial charge on any atom is -0.438 e. The summed E-state index contributed by atoms with van der Waals surface area (Å²) >= 11 is 6.24. The summed E-state index contributed by atoms with van der Waals surface area (Å²) in [7, 11) is 1.50. The first-order chi connectivity index (χ1) is 15.2. The molecule has 0 aliphatic rings. The summed E-state index contributed by atoms with van der Waals surface area (Å²) in [6, 6.07) is 23.3. The quantitative estimate of drug-likeness (QED) is 0.384. The van der Waals surface area contributed by atoms with Gasteiger partial charge in [0.1, 0.15) is 5.75 Å². The van der Waals surface area contributed by atoms with Gasteiger partial charge >= 0.3 is 0 Å². The number of pyridine rings is 1. The summed E-state index contributed by atoms with van der Waals surface area (Å²) in [6.07, 6.45) is 2.26. The summed E-state index contributed by atoms with van der Waals surface area (Å²) in [4.78, 5) is 15.0. The molecule has 0 aliphatic carbocycles. The number of aromatic nitrogens is 1. The number of aldehydes is 1. The van der Waals surface area contributed by atoms with Gasteiger partial charge in [0.05, 0.1) is 0 Å². The molecule has 0 atom stereocenters. The Labute approximate surface area is 186 Å². The molecule has 6 heteroatoms. The van der Waals surface area contributed by atoms with Gasteiger partial charge in [-0.1, -0.05) is 60.1 Å². The highest BCUT2D eigenvalue weighted by atomic mass is 35.5. The van der Waals surface area contributed by atoms with E-state index >= 15 is 0 Å². The third kappa shape index (κ3) is 5.67. The van der Waals surface area contributed by atoms with E-state index in [1.54, 1.807) is 12.1 Å². The van der Waals surface area contributed by atoms with Gasteiger partial charge in [0.15, 0.2) is 6.29 Å². The lowest BCUT2D eigenvalue weighted by Crippen LogP contribution is -2.13. The lowest BCUT2D eigenvalue weighted by atomic mass is 10.0. The van der Waals surface area contributed by atoms with E-state index in [-0.39, 0.29) is 0 Å². The maximum atomic E-state index is 10.8. The molecule has 1 heterocycles. The van der Waals surface area contributed by atoms with Crippen molar-refractivity contribution in [1.82, 2.24) is 10.3 Å². The molecular formula is C25H24ClN3O2. The van der Waals surface area contributed by atoms with Gasteiger partial charge in [-0.25, -0.2) is 4.98 Å². The number of hydrogen-bond donors (Lipinski definition) is 2. The molecule has 0 fully saturated rings. The third-order valence-corrected chi connectivity index (χ3v) is 5.04. The topological polar surface area (TPSA) is 77.2 Å². The molecule has 0 saturated heterocycles. The second kappa shape index (κ2) is 11.2. The van der Waals surface area contributed by atoms with Crippen LogP contribution in [0, 0.1) is 0 Å². The van der Waals surface area contributed by atoms with Gasteiger partial charge in [-0.05, 0) is 41.8 Å². The van der Waals surface area contributed by atoms with Crippen LogP contribution >= 0.6 is 11.6 Å². The molecule has 158 valence electrons. The van der Waals surface area contributed by atoms with Crippen LogP contribution in [0.5, 0.6) is 11.6 Å².